The van der Waals surface area contributed by atoms with Crippen molar-refractivity contribution in [3.8, 4) is 0 Å². The Morgan fingerprint density at radius 1 is 0.593 bits per heavy atom. The minimum Gasteiger partial charge on any atom is -0.480 e. The number of carboxylic acid groups (broad SMARTS) is 1. The molecule has 25 nitrogen and oxygen atoms in total. The molecule has 0 aliphatic rings. The normalized spacial score (nSPS) is 14.5. The topological polar surface area (TPSA) is 382 Å². The number of para-hydroxylation sites is 2. The van der Waals surface area contributed by atoms with Crippen LogP contribution in [0.5, 0.6) is 0 Å². The third-order valence-electron chi connectivity index (χ3n) is 13.2. The van der Waals surface area contributed by atoms with Crippen LogP contribution in [0.1, 0.15) is 110 Å². The van der Waals surface area contributed by atoms with Crippen LogP contribution in [0.2, 0.25) is 11.1 Å². The van der Waals surface area contributed by atoms with Gasteiger partial charge in [-0.1, -0.05) is 88.4 Å². The van der Waals surface area contributed by atoms with Gasteiger partial charge in [-0.25, -0.2) is 4.79 Å². The molecule has 3 rings (SSSR count). The molecule has 0 aliphatic heterocycles. The number of hydrogen-bond acceptors (Lipinski definition) is 14. The summed E-state index contributed by atoms with van der Waals surface area (Å²) in [7, 11) is 0. The second-order valence-corrected chi connectivity index (χ2v) is 22.7. The molecule has 26 heteroatoms. The Morgan fingerprint density at radius 2 is 1.12 bits per heavy atom. The number of carbonyl (C=O) groups excluding carboxylic acids is 8. The van der Waals surface area contributed by atoms with Crippen LogP contribution in [0.3, 0.4) is 0 Å². The first-order valence-corrected chi connectivity index (χ1v) is 29.5. The number of hydrogen-bond donors (Lipinski definition) is 10. The molecule has 0 saturated carbocycles. The molecule has 0 radical (unpaired) electrons. The molecule has 8 amide bonds. The molecule has 11 N–H and O–H groups in total. The van der Waals surface area contributed by atoms with E-state index in [-0.39, 0.29) is 50.8 Å². The first-order valence-electron chi connectivity index (χ1n) is 26.6. The summed E-state index contributed by atoms with van der Waals surface area (Å²) in [5.74, 6) is -8.06. The van der Waals surface area contributed by atoms with Crippen LogP contribution in [-0.4, -0.2) is 126 Å². The van der Waals surface area contributed by atoms with E-state index in [1.807, 2.05) is 12.7 Å². The van der Waals surface area contributed by atoms with Crippen molar-refractivity contribution in [3.63, 3.8) is 0 Å². The van der Waals surface area contributed by atoms with Crippen molar-refractivity contribution >= 4 is 79.6 Å². The Kier molecular flexibility index (Phi) is 27.5. The van der Waals surface area contributed by atoms with Crippen molar-refractivity contribution in [1.29, 1.82) is 0 Å². The summed E-state index contributed by atoms with van der Waals surface area (Å²) in [5, 5.41) is 55.7. The summed E-state index contributed by atoms with van der Waals surface area (Å²) < 4.78 is 0. The van der Waals surface area contributed by atoms with E-state index < -0.39 is 148 Å². The van der Waals surface area contributed by atoms with Crippen LogP contribution in [0, 0.1) is 43.9 Å². The molecule has 0 fully saturated rings. The first-order chi connectivity index (χ1) is 38.2. The third kappa shape index (κ3) is 21.3. The predicted octanol–water partition coefficient (Wildman–Crippen LogP) is 3.07. The fraction of sp³-hybridized carbons (Fsp3) is 0.509. The smallest absolute Gasteiger partial charge is 0.480 e. The van der Waals surface area contributed by atoms with Gasteiger partial charge in [-0.05, 0) is 23.5 Å². The first kappa shape index (κ1) is 67.4. The molecule has 81 heavy (non-hydrogen) atoms. The Hall–Kier alpha value is -7.83. The van der Waals surface area contributed by atoms with Gasteiger partial charge in [0.1, 0.15) is 24.2 Å². The van der Waals surface area contributed by atoms with Crippen LogP contribution >= 0.6 is 0 Å². The van der Waals surface area contributed by atoms with Gasteiger partial charge in [0.25, 0.3) is 11.4 Å². The maximum absolute atomic E-state index is 14.5. The molecule has 0 unspecified atom stereocenters. The number of benzene rings is 3. The van der Waals surface area contributed by atoms with E-state index in [1.54, 1.807) is 78.8 Å². The molecule has 0 aliphatic carbocycles. The van der Waals surface area contributed by atoms with Crippen LogP contribution in [0.25, 0.3) is 0 Å². The number of aliphatic carboxylic acids is 1. The van der Waals surface area contributed by atoms with Crippen LogP contribution < -0.4 is 48.3 Å². The van der Waals surface area contributed by atoms with Gasteiger partial charge in [0, 0.05) is 18.6 Å². The van der Waals surface area contributed by atoms with Crippen molar-refractivity contribution in [2.24, 2.45) is 29.4 Å². The van der Waals surface area contributed by atoms with E-state index in [1.165, 1.54) is 36.4 Å². The molecule has 0 bridgehead atoms. The van der Waals surface area contributed by atoms with Crippen molar-refractivity contribution in [1.82, 2.24) is 42.5 Å². The zero-order chi connectivity index (χ0) is 60.7. The fourth-order valence-corrected chi connectivity index (χ4v) is 9.50. The third-order valence-corrected chi connectivity index (χ3v) is 14.5. The molecule has 0 spiro atoms. The van der Waals surface area contributed by atoms with Crippen LogP contribution in [0.4, 0.5) is 11.4 Å². The number of nitro groups is 2. The van der Waals surface area contributed by atoms with E-state index in [2.05, 4.69) is 42.5 Å². The fourth-order valence-electron chi connectivity index (χ4n) is 8.47. The van der Waals surface area contributed by atoms with Gasteiger partial charge >= 0.3 is 169 Å². The summed E-state index contributed by atoms with van der Waals surface area (Å²) >= 11 is 0.282. The minimum absolute atomic E-state index is 0.104. The number of nitro benzene ring substituents is 2. The van der Waals surface area contributed by atoms with Gasteiger partial charge in [0.05, 0.1) is 33.4 Å². The number of rotatable bonds is 33. The Morgan fingerprint density at radius 3 is 1.67 bits per heavy atom. The van der Waals surface area contributed by atoms with Crippen molar-refractivity contribution in [2.75, 3.05) is 6.54 Å². The quantitative estimate of drug-likeness (QED) is 0.0238. The minimum atomic E-state index is -1.88. The zero-order valence-electron chi connectivity index (χ0n) is 47.0. The molecule has 3 aromatic carbocycles. The molecule has 0 saturated heterocycles. The zero-order valence-corrected chi connectivity index (χ0v) is 48.7. The SMILES string of the molecule is CC[C@H](C)[C@H](NC(=O)[C@@H](N)CC[Se]C)C(=O)N[C@@H](CC(C)C)C(=O)NCC(=O)N[C@@H](C(=O)N[C@H](C(=O)N[C@@H](Cc1ccccc1)C(=O)N[C@@H](CC(=O)N[C@H](C(=O)O)C(C)C)c1ccccc1[N+](=O)[O-])C(C)C)c1ccccc1[N+](=O)[O-]. The van der Waals surface area contributed by atoms with E-state index >= 15 is 0 Å². The van der Waals surface area contributed by atoms with Gasteiger partial charge in [-0.2, -0.15) is 0 Å². The summed E-state index contributed by atoms with van der Waals surface area (Å²) in [4.78, 5) is 146. The predicted molar refractivity (Wildman–Crippen MR) is 301 cm³/mol. The van der Waals surface area contributed by atoms with Crippen molar-refractivity contribution in [3.05, 3.63) is 116 Å². The van der Waals surface area contributed by atoms with Gasteiger partial charge in [-0.15, -0.1) is 0 Å². The summed E-state index contributed by atoms with van der Waals surface area (Å²) in [6.45, 7) is 12.6. The molecule has 9 atom stereocenters. The number of nitrogens with one attached hydrogen (secondary N) is 8. The van der Waals surface area contributed by atoms with E-state index in [0.29, 0.717) is 18.4 Å². The van der Waals surface area contributed by atoms with Crippen molar-refractivity contribution in [2.45, 2.75) is 147 Å². The van der Waals surface area contributed by atoms with Crippen molar-refractivity contribution < 1.29 is 58.1 Å². The van der Waals surface area contributed by atoms with Gasteiger partial charge in [0.2, 0.25) is 29.5 Å². The molecule has 0 aromatic heterocycles. The summed E-state index contributed by atoms with van der Waals surface area (Å²) in [5.41, 5.74) is 5.14. The Balaban J connectivity index is 1.97. The Labute approximate surface area is 477 Å². The average Bonchev–Trinajstić information content (AvgIpc) is 3.47. The summed E-state index contributed by atoms with van der Waals surface area (Å²) in [6.07, 6.45) is 0.153. The number of nitrogens with zero attached hydrogens (tertiary/aromatic N) is 2. The summed E-state index contributed by atoms with van der Waals surface area (Å²) in [6, 6.07) is 7.82. The van der Waals surface area contributed by atoms with Gasteiger partial charge < -0.3 is 31.7 Å². The second kappa shape index (κ2) is 33.0. The monoisotopic (exact) mass is 1200 g/mol. The molecular formula is C55H77N11O14Se. The molecule has 0 heterocycles. The van der Waals surface area contributed by atoms with E-state index in [9.17, 15) is 68.5 Å². The standard InChI is InChI=1S/C55H77N11O14Se/c1-10-33(8)47(64-49(69)37(56)24-25-81-9)53(73)59-39(26-30(2)3)50(70)57-29-44(68)62-48(36-21-15-17-23-42(36)66(79)80)54(74)63-45(31(4)5)52(72)60-40(27-34-18-12-11-13-19-34)51(71)58-38(35-20-14-16-22-41(35)65(77)78)28-43(67)61-46(32(6)7)55(75)76/h11-23,30-33,37-40,45-48H,10,24-29,56H2,1-9H3,(H,57,70)(H,58,71)(H,59,73)(H,60,72)(H,61,67)(H,62,68)(H,63,74)(H,64,69)(H,75,76)/t33-,37-,38-,39-,40-,45-,46-,47-,48+/m0/s1. The molecule has 3 aromatic rings. The molecule has 442 valence electrons. The number of carboxylic acids is 1. The van der Waals surface area contributed by atoms with Crippen LogP contribution in [0.15, 0.2) is 78.9 Å². The van der Waals surface area contributed by atoms with Crippen LogP contribution in [-0.2, 0) is 49.6 Å². The van der Waals surface area contributed by atoms with Gasteiger partial charge in [0.15, 0.2) is 0 Å². The number of amides is 8. The number of carbonyl (C=O) groups is 9. The Bertz CT molecular complexity index is 2690. The van der Waals surface area contributed by atoms with E-state index in [4.69, 9.17) is 5.73 Å². The maximum atomic E-state index is 14.5. The average molecular weight is 1200 g/mol. The second-order valence-electron chi connectivity index (χ2n) is 20.7. The molecular weight excluding hydrogens is 1120 g/mol. The van der Waals surface area contributed by atoms with Gasteiger partial charge in [-0.3, -0.25) is 44.2 Å². The van der Waals surface area contributed by atoms with E-state index in [0.717, 1.165) is 17.5 Å². The number of nitrogens with two attached hydrogens (primary N) is 1.